The van der Waals surface area contributed by atoms with E-state index in [1.165, 1.54) is 0 Å². The van der Waals surface area contributed by atoms with Crippen LogP contribution < -0.4 is 11.5 Å². The van der Waals surface area contributed by atoms with Gasteiger partial charge in [0.1, 0.15) is 6.10 Å². The summed E-state index contributed by atoms with van der Waals surface area (Å²) in [5.74, 6) is 0. The highest BCUT2D eigenvalue weighted by molar-refractivity contribution is 5.64. The van der Waals surface area contributed by atoms with Crippen LogP contribution in [0.2, 0.25) is 0 Å². The van der Waals surface area contributed by atoms with Crippen LogP contribution in [0, 0.1) is 0 Å². The molecule has 0 spiro atoms. The van der Waals surface area contributed by atoms with Gasteiger partial charge >= 0.3 is 6.09 Å². The topological polar surface area (TPSA) is 78.3 Å². The quantitative estimate of drug-likeness (QED) is 0.618. The number of nitrogens with two attached hydrogens (primary N) is 2. The molecule has 0 aliphatic rings. The number of ether oxygens (including phenoxy) is 1. The average Bonchev–Trinajstić information content (AvgIpc) is 1.97. The summed E-state index contributed by atoms with van der Waals surface area (Å²) in [6.07, 6.45) is 1.94. The smallest absolute Gasteiger partial charge is 0.404 e. The third kappa shape index (κ3) is 5.66. The van der Waals surface area contributed by atoms with Gasteiger partial charge in [0.05, 0.1) is 0 Å². The fourth-order valence-corrected chi connectivity index (χ4v) is 0.821. The second kappa shape index (κ2) is 5.97. The minimum atomic E-state index is -0.739. The highest BCUT2D eigenvalue weighted by Crippen LogP contribution is 2.02. The Balaban J connectivity index is 3.49. The second-order valence-corrected chi connectivity index (χ2v) is 2.44. The number of primary amides is 1. The number of hydrogen-bond acceptors (Lipinski definition) is 3. The van der Waals surface area contributed by atoms with Gasteiger partial charge in [-0.25, -0.2) is 4.79 Å². The Bertz CT molecular complexity index is 117. The Morgan fingerprint density at radius 3 is 2.64 bits per heavy atom. The lowest BCUT2D eigenvalue weighted by atomic mass is 10.2. The van der Waals surface area contributed by atoms with Crippen molar-refractivity contribution in [2.75, 3.05) is 6.54 Å². The predicted octanol–water partition coefficient (Wildman–Crippen LogP) is 0.599. The van der Waals surface area contributed by atoms with E-state index >= 15 is 0 Å². The lowest BCUT2D eigenvalue weighted by molar-refractivity contribution is 0.104. The number of carbonyl (C=O) groups excluding carboxylic acids is 1. The summed E-state index contributed by atoms with van der Waals surface area (Å²) in [4.78, 5) is 10.3. The molecular formula is C7H16N2O2. The third-order valence-electron chi connectivity index (χ3n) is 1.43. The zero-order chi connectivity index (χ0) is 8.69. The van der Waals surface area contributed by atoms with E-state index in [9.17, 15) is 4.79 Å². The number of carbonyl (C=O) groups is 1. The van der Waals surface area contributed by atoms with E-state index in [0.29, 0.717) is 6.54 Å². The standard InChI is InChI=1S/C7H16N2O2/c1-2-3-4-6(5-8)11-7(9)10/h6H,2-5,8H2,1H3,(H2,9,10)/t6-/m1/s1. The molecule has 0 heterocycles. The molecule has 0 unspecified atom stereocenters. The molecule has 0 aromatic rings. The molecule has 0 aromatic carbocycles. The van der Waals surface area contributed by atoms with E-state index in [-0.39, 0.29) is 6.10 Å². The normalized spacial score (nSPS) is 12.5. The molecule has 0 fully saturated rings. The summed E-state index contributed by atoms with van der Waals surface area (Å²) in [6.45, 7) is 2.42. The van der Waals surface area contributed by atoms with Crippen molar-refractivity contribution in [1.29, 1.82) is 0 Å². The van der Waals surface area contributed by atoms with Crippen LogP contribution in [-0.4, -0.2) is 18.7 Å². The molecule has 4 nitrogen and oxygen atoms in total. The summed E-state index contributed by atoms with van der Waals surface area (Å²) in [6, 6.07) is 0. The maximum absolute atomic E-state index is 10.3. The monoisotopic (exact) mass is 160 g/mol. The lowest BCUT2D eigenvalue weighted by Crippen LogP contribution is -2.29. The third-order valence-corrected chi connectivity index (χ3v) is 1.43. The van der Waals surface area contributed by atoms with Crippen molar-refractivity contribution in [3.63, 3.8) is 0 Å². The summed E-state index contributed by atoms with van der Waals surface area (Å²) in [5.41, 5.74) is 10.2. The fraction of sp³-hybridized carbons (Fsp3) is 0.857. The summed E-state index contributed by atoms with van der Waals surface area (Å²) >= 11 is 0. The summed E-state index contributed by atoms with van der Waals surface area (Å²) in [5, 5.41) is 0. The van der Waals surface area contributed by atoms with Gasteiger partial charge < -0.3 is 16.2 Å². The van der Waals surface area contributed by atoms with Crippen LogP contribution in [0.5, 0.6) is 0 Å². The zero-order valence-electron chi connectivity index (χ0n) is 6.88. The summed E-state index contributed by atoms with van der Waals surface area (Å²) in [7, 11) is 0. The highest BCUT2D eigenvalue weighted by atomic mass is 16.6. The second-order valence-electron chi connectivity index (χ2n) is 2.44. The van der Waals surface area contributed by atoms with Crippen LogP contribution in [0.4, 0.5) is 4.79 Å². The Morgan fingerprint density at radius 1 is 1.64 bits per heavy atom. The molecule has 1 atom stereocenters. The van der Waals surface area contributed by atoms with Crippen molar-refractivity contribution < 1.29 is 9.53 Å². The van der Waals surface area contributed by atoms with E-state index < -0.39 is 6.09 Å². The Hall–Kier alpha value is -0.770. The molecule has 0 aliphatic carbocycles. The maximum Gasteiger partial charge on any atom is 0.404 e. The van der Waals surface area contributed by atoms with E-state index in [2.05, 4.69) is 6.92 Å². The van der Waals surface area contributed by atoms with Gasteiger partial charge in [-0.2, -0.15) is 0 Å². The average molecular weight is 160 g/mol. The molecule has 0 radical (unpaired) electrons. The van der Waals surface area contributed by atoms with Gasteiger partial charge in [-0.3, -0.25) is 0 Å². The molecule has 4 heteroatoms. The van der Waals surface area contributed by atoms with Crippen molar-refractivity contribution in [1.82, 2.24) is 0 Å². The minimum absolute atomic E-state index is 0.201. The van der Waals surface area contributed by atoms with Crippen molar-refractivity contribution >= 4 is 6.09 Å². The van der Waals surface area contributed by atoms with Crippen molar-refractivity contribution in [2.24, 2.45) is 11.5 Å². The van der Waals surface area contributed by atoms with Crippen molar-refractivity contribution in [3.05, 3.63) is 0 Å². The number of hydrogen-bond donors (Lipinski definition) is 2. The van der Waals surface area contributed by atoms with E-state index in [1.807, 2.05) is 0 Å². The van der Waals surface area contributed by atoms with Gasteiger partial charge in [0.25, 0.3) is 0 Å². The first-order chi connectivity index (χ1) is 5.20. The van der Waals surface area contributed by atoms with E-state index in [4.69, 9.17) is 16.2 Å². The zero-order valence-corrected chi connectivity index (χ0v) is 6.88. The molecule has 0 bridgehead atoms. The highest BCUT2D eigenvalue weighted by Gasteiger charge is 2.08. The maximum atomic E-state index is 10.3. The molecule has 0 rings (SSSR count). The van der Waals surface area contributed by atoms with Crippen LogP contribution >= 0.6 is 0 Å². The van der Waals surface area contributed by atoms with Gasteiger partial charge in [0.2, 0.25) is 0 Å². The molecule has 66 valence electrons. The molecule has 1 amide bonds. The van der Waals surface area contributed by atoms with Crippen LogP contribution in [0.3, 0.4) is 0 Å². The van der Waals surface area contributed by atoms with Gasteiger partial charge in [0, 0.05) is 6.54 Å². The van der Waals surface area contributed by atoms with Crippen molar-refractivity contribution in [3.8, 4) is 0 Å². The lowest BCUT2D eigenvalue weighted by Gasteiger charge is -2.12. The molecule has 0 aromatic heterocycles. The molecule has 0 saturated heterocycles. The van der Waals surface area contributed by atoms with Crippen LogP contribution in [0.25, 0.3) is 0 Å². The largest absolute Gasteiger partial charge is 0.445 e. The molecule has 11 heavy (non-hydrogen) atoms. The van der Waals surface area contributed by atoms with Crippen LogP contribution in [0.15, 0.2) is 0 Å². The number of rotatable bonds is 5. The van der Waals surface area contributed by atoms with E-state index in [1.54, 1.807) is 0 Å². The first-order valence-electron chi connectivity index (χ1n) is 3.86. The Morgan fingerprint density at radius 2 is 2.27 bits per heavy atom. The number of amides is 1. The SMILES string of the molecule is CCCC[C@H](CN)OC(N)=O. The molecule has 0 saturated carbocycles. The molecule has 4 N–H and O–H groups in total. The van der Waals surface area contributed by atoms with Gasteiger partial charge in [-0.15, -0.1) is 0 Å². The van der Waals surface area contributed by atoms with Crippen molar-refractivity contribution in [2.45, 2.75) is 32.3 Å². The fourth-order valence-electron chi connectivity index (χ4n) is 0.821. The van der Waals surface area contributed by atoms with Crippen LogP contribution in [-0.2, 0) is 4.74 Å². The molecular weight excluding hydrogens is 144 g/mol. The molecule has 0 aliphatic heterocycles. The van der Waals surface area contributed by atoms with Gasteiger partial charge in [0.15, 0.2) is 0 Å². The van der Waals surface area contributed by atoms with Gasteiger partial charge in [-0.1, -0.05) is 13.3 Å². The Labute approximate surface area is 66.9 Å². The predicted molar refractivity (Wildman–Crippen MR) is 43.0 cm³/mol. The minimum Gasteiger partial charge on any atom is -0.445 e. The first-order valence-corrected chi connectivity index (χ1v) is 3.86. The van der Waals surface area contributed by atoms with Crippen LogP contribution in [0.1, 0.15) is 26.2 Å². The van der Waals surface area contributed by atoms with Gasteiger partial charge in [-0.05, 0) is 12.8 Å². The first kappa shape index (κ1) is 10.2. The Kier molecular flexibility index (Phi) is 5.56. The van der Waals surface area contributed by atoms with E-state index in [0.717, 1.165) is 19.3 Å². The number of unbranched alkanes of at least 4 members (excludes halogenated alkanes) is 1. The summed E-state index contributed by atoms with van der Waals surface area (Å²) < 4.78 is 4.72.